The molecule has 0 fully saturated rings. The molecule has 1 heterocycles. The van der Waals surface area contributed by atoms with Crippen molar-refractivity contribution in [2.75, 3.05) is 44.1 Å². The van der Waals surface area contributed by atoms with E-state index in [0.717, 1.165) is 24.7 Å². The third-order valence-corrected chi connectivity index (χ3v) is 2.66. The van der Waals surface area contributed by atoms with E-state index in [4.69, 9.17) is 9.47 Å². The predicted molar refractivity (Wildman–Crippen MR) is 81.3 cm³/mol. The maximum Gasteiger partial charge on any atom is 0.158 e. The number of likely N-dealkylation sites (N-methyl/N-ethyl adjacent to an activating group) is 1. The maximum absolute atomic E-state index is 5.56. The third kappa shape index (κ3) is 5.71. The first-order valence-electron chi connectivity index (χ1n) is 7.00. The molecule has 0 aliphatic carbocycles. The molecule has 0 aromatic carbocycles. The summed E-state index contributed by atoms with van der Waals surface area (Å²) in [4.78, 5) is 11.0. The Morgan fingerprint density at radius 3 is 2.70 bits per heavy atom. The normalized spacial score (nSPS) is 10.9. The van der Waals surface area contributed by atoms with Crippen LogP contribution in [0.5, 0.6) is 0 Å². The van der Waals surface area contributed by atoms with Crippen LogP contribution in [0.1, 0.15) is 26.6 Å². The molecule has 0 aliphatic rings. The molecule has 1 aromatic heterocycles. The van der Waals surface area contributed by atoms with Crippen LogP contribution in [0.3, 0.4) is 0 Å². The highest BCUT2D eigenvalue weighted by molar-refractivity contribution is 5.48. The quantitative estimate of drug-likeness (QED) is 0.746. The van der Waals surface area contributed by atoms with Crippen LogP contribution in [0, 0.1) is 0 Å². The highest BCUT2D eigenvalue weighted by atomic mass is 16.5. The van der Waals surface area contributed by atoms with Crippen molar-refractivity contribution in [2.24, 2.45) is 0 Å². The average molecular weight is 282 g/mol. The van der Waals surface area contributed by atoms with Gasteiger partial charge in [0.1, 0.15) is 18.2 Å². The van der Waals surface area contributed by atoms with Gasteiger partial charge in [-0.05, 0) is 20.8 Å². The van der Waals surface area contributed by atoms with Gasteiger partial charge in [-0.15, -0.1) is 0 Å². The summed E-state index contributed by atoms with van der Waals surface area (Å²) in [6, 6.07) is 1.94. The van der Waals surface area contributed by atoms with Gasteiger partial charge in [-0.2, -0.15) is 0 Å². The van der Waals surface area contributed by atoms with Crippen molar-refractivity contribution in [2.45, 2.75) is 33.5 Å². The SMILES string of the molecule is CCNc1cc(N(C)CCOC(C)C)nc(COC)n1. The molecule has 0 amide bonds. The van der Waals surface area contributed by atoms with Gasteiger partial charge < -0.3 is 19.7 Å². The van der Waals surface area contributed by atoms with E-state index in [2.05, 4.69) is 20.2 Å². The van der Waals surface area contributed by atoms with Gasteiger partial charge in [-0.1, -0.05) is 0 Å². The molecule has 114 valence electrons. The number of nitrogens with one attached hydrogen (secondary N) is 1. The number of ether oxygens (including phenoxy) is 2. The lowest BCUT2D eigenvalue weighted by molar-refractivity contribution is 0.0845. The Balaban J connectivity index is 2.75. The summed E-state index contributed by atoms with van der Waals surface area (Å²) in [6.45, 7) is 8.79. The van der Waals surface area contributed by atoms with Gasteiger partial charge in [-0.25, -0.2) is 9.97 Å². The largest absolute Gasteiger partial charge is 0.377 e. The van der Waals surface area contributed by atoms with Crippen molar-refractivity contribution < 1.29 is 9.47 Å². The lowest BCUT2D eigenvalue weighted by Gasteiger charge is -2.20. The van der Waals surface area contributed by atoms with E-state index in [-0.39, 0.29) is 6.10 Å². The van der Waals surface area contributed by atoms with Crippen molar-refractivity contribution in [3.8, 4) is 0 Å². The molecule has 1 aromatic rings. The van der Waals surface area contributed by atoms with Crippen LogP contribution < -0.4 is 10.2 Å². The zero-order valence-electron chi connectivity index (χ0n) is 13.1. The second kappa shape index (κ2) is 8.71. The molecule has 0 bridgehead atoms. The second-order valence-corrected chi connectivity index (χ2v) is 4.83. The summed E-state index contributed by atoms with van der Waals surface area (Å²) >= 11 is 0. The zero-order valence-corrected chi connectivity index (χ0v) is 13.1. The van der Waals surface area contributed by atoms with Crippen LogP contribution in [-0.4, -0.2) is 49.9 Å². The number of hydrogen-bond acceptors (Lipinski definition) is 6. The van der Waals surface area contributed by atoms with Crippen LogP contribution in [0.15, 0.2) is 6.07 Å². The average Bonchev–Trinajstić information content (AvgIpc) is 2.38. The first kappa shape index (κ1) is 16.7. The van der Waals surface area contributed by atoms with E-state index in [1.54, 1.807) is 7.11 Å². The smallest absolute Gasteiger partial charge is 0.158 e. The summed E-state index contributed by atoms with van der Waals surface area (Å²) in [5.41, 5.74) is 0. The van der Waals surface area contributed by atoms with Gasteiger partial charge in [0.25, 0.3) is 0 Å². The van der Waals surface area contributed by atoms with Crippen LogP contribution in [0.4, 0.5) is 11.6 Å². The molecule has 0 saturated carbocycles. The Bertz CT molecular complexity index is 375. The van der Waals surface area contributed by atoms with Crippen LogP contribution in [0.2, 0.25) is 0 Å². The van der Waals surface area contributed by atoms with E-state index >= 15 is 0 Å². The van der Waals surface area contributed by atoms with Gasteiger partial charge in [0.15, 0.2) is 5.82 Å². The number of aromatic nitrogens is 2. The van der Waals surface area contributed by atoms with Crippen molar-refractivity contribution in [1.82, 2.24) is 9.97 Å². The van der Waals surface area contributed by atoms with E-state index in [1.807, 2.05) is 33.9 Å². The highest BCUT2D eigenvalue weighted by Gasteiger charge is 2.08. The fourth-order valence-electron chi connectivity index (χ4n) is 1.68. The molecule has 0 aliphatic heterocycles. The number of rotatable bonds is 9. The van der Waals surface area contributed by atoms with Crippen molar-refractivity contribution in [3.63, 3.8) is 0 Å². The Labute approximate surface area is 121 Å². The van der Waals surface area contributed by atoms with Crippen molar-refractivity contribution in [3.05, 3.63) is 11.9 Å². The van der Waals surface area contributed by atoms with Gasteiger partial charge in [0.05, 0.1) is 12.7 Å². The molecule has 1 rings (SSSR count). The predicted octanol–water partition coefficient (Wildman–Crippen LogP) is 1.92. The fraction of sp³-hybridized carbons (Fsp3) is 0.714. The Morgan fingerprint density at radius 2 is 2.10 bits per heavy atom. The standard InChI is InChI=1S/C14H26N4O2/c1-6-15-12-9-14(17-13(16-12)10-19-5)18(4)7-8-20-11(2)3/h9,11H,6-8,10H2,1-5H3,(H,15,16,17). The summed E-state index contributed by atoms with van der Waals surface area (Å²) in [7, 11) is 3.64. The molecule has 0 atom stereocenters. The second-order valence-electron chi connectivity index (χ2n) is 4.83. The summed E-state index contributed by atoms with van der Waals surface area (Å²) in [5.74, 6) is 2.37. The minimum Gasteiger partial charge on any atom is -0.377 e. The highest BCUT2D eigenvalue weighted by Crippen LogP contribution is 2.15. The van der Waals surface area contributed by atoms with Gasteiger partial charge in [0, 0.05) is 33.3 Å². The first-order valence-corrected chi connectivity index (χ1v) is 7.00. The topological polar surface area (TPSA) is 59.5 Å². The summed E-state index contributed by atoms with van der Waals surface area (Å²) in [5, 5.41) is 3.21. The zero-order chi connectivity index (χ0) is 15.0. The molecule has 0 radical (unpaired) electrons. The Hall–Kier alpha value is -1.40. The van der Waals surface area contributed by atoms with E-state index < -0.39 is 0 Å². The summed E-state index contributed by atoms with van der Waals surface area (Å²) in [6.07, 6.45) is 0.246. The minimum atomic E-state index is 0.246. The molecule has 20 heavy (non-hydrogen) atoms. The molecule has 6 heteroatoms. The van der Waals surface area contributed by atoms with E-state index in [1.165, 1.54) is 0 Å². The number of anilines is 2. The van der Waals surface area contributed by atoms with Crippen molar-refractivity contribution in [1.29, 1.82) is 0 Å². The Morgan fingerprint density at radius 1 is 1.35 bits per heavy atom. The molecule has 0 unspecified atom stereocenters. The molecule has 0 spiro atoms. The number of nitrogens with zero attached hydrogens (tertiary/aromatic N) is 3. The third-order valence-electron chi connectivity index (χ3n) is 2.66. The molecule has 1 N–H and O–H groups in total. The van der Waals surface area contributed by atoms with Gasteiger partial charge in [0.2, 0.25) is 0 Å². The van der Waals surface area contributed by atoms with Crippen LogP contribution in [-0.2, 0) is 16.1 Å². The van der Waals surface area contributed by atoms with E-state index in [9.17, 15) is 0 Å². The first-order chi connectivity index (χ1) is 9.56. The molecular formula is C14H26N4O2. The number of hydrogen-bond donors (Lipinski definition) is 1. The van der Waals surface area contributed by atoms with Crippen LogP contribution >= 0.6 is 0 Å². The van der Waals surface area contributed by atoms with Gasteiger partial charge >= 0.3 is 0 Å². The number of methoxy groups -OCH3 is 1. The molecule has 6 nitrogen and oxygen atoms in total. The molecular weight excluding hydrogens is 256 g/mol. The minimum absolute atomic E-state index is 0.246. The Kier molecular flexibility index (Phi) is 7.25. The maximum atomic E-state index is 5.56. The fourth-order valence-corrected chi connectivity index (χ4v) is 1.68. The lowest BCUT2D eigenvalue weighted by atomic mass is 10.4. The lowest BCUT2D eigenvalue weighted by Crippen LogP contribution is -2.25. The monoisotopic (exact) mass is 282 g/mol. The molecule has 0 saturated heterocycles. The van der Waals surface area contributed by atoms with Crippen molar-refractivity contribution >= 4 is 11.6 Å². The van der Waals surface area contributed by atoms with Gasteiger partial charge in [-0.3, -0.25) is 0 Å². The van der Waals surface area contributed by atoms with Crippen LogP contribution in [0.25, 0.3) is 0 Å². The van der Waals surface area contributed by atoms with E-state index in [0.29, 0.717) is 19.0 Å². The summed E-state index contributed by atoms with van der Waals surface area (Å²) < 4.78 is 10.7.